The topological polar surface area (TPSA) is 99.7 Å². The lowest BCUT2D eigenvalue weighted by Crippen LogP contribution is -2.44. The van der Waals surface area contributed by atoms with Crippen molar-refractivity contribution in [3.63, 3.8) is 0 Å². The molecule has 0 bridgehead atoms. The fourth-order valence-electron chi connectivity index (χ4n) is 3.93. The van der Waals surface area contributed by atoms with E-state index in [1.54, 1.807) is 49.6 Å². The molecule has 1 aromatic heterocycles. The van der Waals surface area contributed by atoms with E-state index in [9.17, 15) is 12.8 Å². The maximum Gasteiger partial charge on any atom is 0.243 e. The standard InChI is InChI=1S/C24H29FN6O3S/c1-30-14-11-19(12-15-30)31(2)35(32,33)20-7-4-17(5-8-20)27-23-10-13-26-24(29-23)28-18-6-9-21(25)22(16-18)34-3/h4-10,13,16,19H,11-12,14-15H2,1-3H3,(H2,26,27,28,29). The Morgan fingerprint density at radius 1 is 1.06 bits per heavy atom. The SMILES string of the molecule is COc1cc(Nc2nccc(Nc3ccc(S(=O)(=O)N(C)C4CCN(C)CC4)cc3)n2)ccc1F. The maximum absolute atomic E-state index is 13.6. The number of rotatable bonds is 8. The number of anilines is 4. The van der Waals surface area contributed by atoms with Gasteiger partial charge in [-0.05, 0) is 75.4 Å². The molecule has 0 aliphatic carbocycles. The molecular weight excluding hydrogens is 471 g/mol. The van der Waals surface area contributed by atoms with E-state index in [4.69, 9.17) is 4.74 Å². The van der Waals surface area contributed by atoms with E-state index in [1.807, 2.05) is 7.05 Å². The quantitative estimate of drug-likeness (QED) is 0.482. The number of methoxy groups -OCH3 is 1. The first-order valence-corrected chi connectivity index (χ1v) is 12.7. The summed E-state index contributed by atoms with van der Waals surface area (Å²) in [5.41, 5.74) is 1.25. The Kier molecular flexibility index (Phi) is 7.48. The van der Waals surface area contributed by atoms with Crippen molar-refractivity contribution in [1.82, 2.24) is 19.2 Å². The summed E-state index contributed by atoms with van der Waals surface area (Å²) in [7, 11) is 1.52. The summed E-state index contributed by atoms with van der Waals surface area (Å²) in [5, 5.41) is 6.16. The van der Waals surface area contributed by atoms with Gasteiger partial charge in [-0.2, -0.15) is 9.29 Å². The third-order valence-electron chi connectivity index (χ3n) is 6.07. The van der Waals surface area contributed by atoms with Gasteiger partial charge in [0.05, 0.1) is 12.0 Å². The van der Waals surface area contributed by atoms with Crippen molar-refractivity contribution in [3.8, 4) is 5.75 Å². The number of piperidine rings is 1. The first-order chi connectivity index (χ1) is 16.8. The number of aromatic nitrogens is 2. The molecule has 1 fully saturated rings. The number of halogens is 1. The largest absolute Gasteiger partial charge is 0.494 e. The fraction of sp³-hybridized carbons (Fsp3) is 0.333. The lowest BCUT2D eigenvalue weighted by atomic mass is 10.1. The summed E-state index contributed by atoms with van der Waals surface area (Å²) in [6.07, 6.45) is 3.22. The number of hydrogen-bond donors (Lipinski definition) is 2. The number of likely N-dealkylation sites (tertiary alicyclic amines) is 1. The molecular formula is C24H29FN6O3S. The molecule has 0 radical (unpaired) electrons. The number of ether oxygens (including phenoxy) is 1. The van der Waals surface area contributed by atoms with E-state index in [-0.39, 0.29) is 16.7 Å². The van der Waals surface area contributed by atoms with Crippen LogP contribution in [0.25, 0.3) is 0 Å². The fourth-order valence-corrected chi connectivity index (χ4v) is 5.35. The summed E-state index contributed by atoms with van der Waals surface area (Å²) < 4.78 is 46.3. The molecule has 1 aliphatic heterocycles. The molecule has 9 nitrogen and oxygen atoms in total. The molecule has 2 heterocycles. The minimum atomic E-state index is -3.58. The lowest BCUT2D eigenvalue weighted by Gasteiger charge is -2.34. The Hall–Kier alpha value is -3.28. The van der Waals surface area contributed by atoms with E-state index in [2.05, 4.69) is 25.5 Å². The Balaban J connectivity index is 1.43. The number of nitrogens with one attached hydrogen (secondary N) is 2. The number of nitrogens with zero attached hydrogens (tertiary/aromatic N) is 4. The van der Waals surface area contributed by atoms with E-state index in [1.165, 1.54) is 23.5 Å². The summed E-state index contributed by atoms with van der Waals surface area (Å²) in [5.74, 6) is 0.469. The lowest BCUT2D eigenvalue weighted by molar-refractivity contribution is 0.197. The zero-order valence-corrected chi connectivity index (χ0v) is 20.7. The van der Waals surface area contributed by atoms with Crippen LogP contribution < -0.4 is 15.4 Å². The molecule has 4 rings (SSSR count). The van der Waals surface area contributed by atoms with Crippen molar-refractivity contribution in [2.45, 2.75) is 23.8 Å². The Bertz CT molecular complexity index is 1260. The van der Waals surface area contributed by atoms with Crippen molar-refractivity contribution in [2.24, 2.45) is 0 Å². The van der Waals surface area contributed by atoms with Crippen LogP contribution >= 0.6 is 0 Å². The summed E-state index contributed by atoms with van der Waals surface area (Å²) in [6.45, 7) is 1.77. The maximum atomic E-state index is 13.6. The van der Waals surface area contributed by atoms with E-state index >= 15 is 0 Å². The van der Waals surface area contributed by atoms with Crippen molar-refractivity contribution < 1.29 is 17.5 Å². The van der Waals surface area contributed by atoms with Gasteiger partial charge in [0, 0.05) is 36.7 Å². The molecule has 35 heavy (non-hydrogen) atoms. The molecule has 11 heteroatoms. The number of sulfonamides is 1. The molecule has 0 saturated carbocycles. The first kappa shape index (κ1) is 24.8. The van der Waals surface area contributed by atoms with Crippen LogP contribution in [-0.4, -0.2) is 67.9 Å². The number of benzene rings is 2. The monoisotopic (exact) mass is 500 g/mol. The summed E-state index contributed by atoms with van der Waals surface area (Å²) in [6, 6.07) is 12.6. The van der Waals surface area contributed by atoms with E-state index < -0.39 is 15.8 Å². The van der Waals surface area contributed by atoms with Crippen LogP contribution in [0, 0.1) is 5.82 Å². The molecule has 1 saturated heterocycles. The van der Waals surface area contributed by atoms with E-state index in [0.29, 0.717) is 23.1 Å². The van der Waals surface area contributed by atoms with Crippen molar-refractivity contribution >= 4 is 33.2 Å². The Labute approximate surface area is 205 Å². The molecule has 1 aliphatic rings. The van der Waals surface area contributed by atoms with Gasteiger partial charge < -0.3 is 20.3 Å². The van der Waals surface area contributed by atoms with Crippen LogP contribution in [0.1, 0.15) is 12.8 Å². The van der Waals surface area contributed by atoms with Crippen LogP contribution in [0.4, 0.5) is 27.5 Å². The van der Waals surface area contributed by atoms with Crippen LogP contribution in [0.5, 0.6) is 5.75 Å². The van der Waals surface area contributed by atoms with Crippen molar-refractivity contribution in [1.29, 1.82) is 0 Å². The van der Waals surface area contributed by atoms with Gasteiger partial charge in [-0.1, -0.05) is 0 Å². The van der Waals surface area contributed by atoms with Crippen LogP contribution in [0.15, 0.2) is 59.6 Å². The molecule has 0 unspecified atom stereocenters. The van der Waals surface area contributed by atoms with Gasteiger partial charge in [0.2, 0.25) is 16.0 Å². The average molecular weight is 501 g/mol. The first-order valence-electron chi connectivity index (χ1n) is 11.2. The molecule has 186 valence electrons. The average Bonchev–Trinajstić information content (AvgIpc) is 2.86. The minimum Gasteiger partial charge on any atom is -0.494 e. The zero-order chi connectivity index (χ0) is 25.0. The van der Waals surface area contributed by atoms with Crippen LogP contribution in [0.3, 0.4) is 0 Å². The van der Waals surface area contributed by atoms with Crippen molar-refractivity contribution in [3.05, 3.63) is 60.5 Å². The highest BCUT2D eigenvalue weighted by Crippen LogP contribution is 2.26. The van der Waals surface area contributed by atoms with Gasteiger partial charge in [-0.15, -0.1) is 0 Å². The smallest absolute Gasteiger partial charge is 0.243 e. The number of hydrogen-bond acceptors (Lipinski definition) is 8. The highest BCUT2D eigenvalue weighted by Gasteiger charge is 2.30. The molecule has 0 atom stereocenters. The van der Waals surface area contributed by atoms with Gasteiger partial charge in [0.1, 0.15) is 5.82 Å². The minimum absolute atomic E-state index is 0.00187. The highest BCUT2D eigenvalue weighted by molar-refractivity contribution is 7.89. The van der Waals surface area contributed by atoms with Gasteiger partial charge in [0.25, 0.3) is 0 Å². The van der Waals surface area contributed by atoms with Crippen LogP contribution in [0.2, 0.25) is 0 Å². The van der Waals surface area contributed by atoms with Gasteiger partial charge >= 0.3 is 0 Å². The van der Waals surface area contributed by atoms with Gasteiger partial charge in [-0.25, -0.2) is 17.8 Å². The zero-order valence-electron chi connectivity index (χ0n) is 19.9. The Morgan fingerprint density at radius 3 is 2.43 bits per heavy atom. The third-order valence-corrected chi connectivity index (χ3v) is 7.99. The van der Waals surface area contributed by atoms with Gasteiger partial charge in [0.15, 0.2) is 11.6 Å². The summed E-state index contributed by atoms with van der Waals surface area (Å²) in [4.78, 5) is 11.1. The molecule has 0 spiro atoms. The van der Waals surface area contributed by atoms with Crippen molar-refractivity contribution in [2.75, 3.05) is 44.9 Å². The molecule has 0 amide bonds. The second-order valence-corrected chi connectivity index (χ2v) is 10.4. The Morgan fingerprint density at radius 2 is 1.74 bits per heavy atom. The normalized spacial score (nSPS) is 15.2. The predicted octanol–water partition coefficient (Wildman–Crippen LogP) is 3.83. The van der Waals surface area contributed by atoms with E-state index in [0.717, 1.165) is 25.9 Å². The highest BCUT2D eigenvalue weighted by atomic mass is 32.2. The second-order valence-electron chi connectivity index (χ2n) is 8.44. The molecule has 3 aromatic rings. The van der Waals surface area contributed by atoms with Crippen LogP contribution in [-0.2, 0) is 10.0 Å². The predicted molar refractivity (Wildman–Crippen MR) is 133 cm³/mol. The molecule has 2 N–H and O–H groups in total. The van der Waals surface area contributed by atoms with Gasteiger partial charge in [-0.3, -0.25) is 0 Å². The third kappa shape index (κ3) is 5.87. The summed E-state index contributed by atoms with van der Waals surface area (Å²) >= 11 is 0. The second kappa shape index (κ2) is 10.5. The molecule has 2 aromatic carbocycles.